The molecule has 2 rings (SSSR count). The Labute approximate surface area is 112 Å². The number of rotatable bonds is 2. The minimum Gasteiger partial charge on any atom is -0.345 e. The van der Waals surface area contributed by atoms with Crippen molar-refractivity contribution in [2.75, 3.05) is 0 Å². The van der Waals surface area contributed by atoms with Gasteiger partial charge in [-0.1, -0.05) is 18.2 Å². The second kappa shape index (κ2) is 4.84. The lowest BCUT2D eigenvalue weighted by molar-refractivity contribution is 0.0909. The molecule has 0 spiro atoms. The number of para-hydroxylation sites is 1. The largest absolute Gasteiger partial charge is 0.345 e. The smallest absolute Gasteiger partial charge is 0.291 e. The number of carbonyl (C=O) groups is 1. The van der Waals surface area contributed by atoms with Gasteiger partial charge in [0.2, 0.25) is 5.82 Å². The lowest BCUT2D eigenvalue weighted by Crippen LogP contribution is -2.41. The van der Waals surface area contributed by atoms with E-state index in [0.29, 0.717) is 0 Å². The van der Waals surface area contributed by atoms with Gasteiger partial charge in [-0.3, -0.25) is 4.79 Å². The molecule has 0 radical (unpaired) electrons. The second-order valence-corrected chi connectivity index (χ2v) is 5.50. The summed E-state index contributed by atoms with van der Waals surface area (Å²) in [5.41, 5.74) is 1.70. The second-order valence-electron chi connectivity index (χ2n) is 5.50. The Hall–Kier alpha value is -2.17. The highest BCUT2D eigenvalue weighted by atomic mass is 16.2. The van der Waals surface area contributed by atoms with E-state index in [-0.39, 0.29) is 17.3 Å². The van der Waals surface area contributed by atoms with Crippen molar-refractivity contribution in [3.63, 3.8) is 0 Å². The summed E-state index contributed by atoms with van der Waals surface area (Å²) in [7, 11) is 0. The molecule has 2 aromatic rings. The van der Waals surface area contributed by atoms with Crippen LogP contribution < -0.4 is 5.32 Å². The van der Waals surface area contributed by atoms with Crippen molar-refractivity contribution in [3.05, 3.63) is 42.0 Å². The summed E-state index contributed by atoms with van der Waals surface area (Å²) >= 11 is 0. The third kappa shape index (κ3) is 3.19. The minimum absolute atomic E-state index is 0.179. The van der Waals surface area contributed by atoms with Crippen molar-refractivity contribution in [2.45, 2.75) is 33.2 Å². The fourth-order valence-corrected chi connectivity index (χ4v) is 1.70. The molecule has 0 fully saturated rings. The maximum atomic E-state index is 11.9. The van der Waals surface area contributed by atoms with Gasteiger partial charge in [0.15, 0.2) is 0 Å². The number of hydrogen-bond acceptors (Lipinski definition) is 3. The highest BCUT2D eigenvalue weighted by molar-refractivity contribution is 5.90. The topological polar surface area (TPSA) is 59.8 Å². The van der Waals surface area contributed by atoms with Gasteiger partial charge in [0.05, 0.1) is 5.69 Å². The summed E-state index contributed by atoms with van der Waals surface area (Å²) in [6.45, 7) is 7.75. The first-order valence-electron chi connectivity index (χ1n) is 6.17. The Morgan fingerprint density at radius 1 is 1.26 bits per heavy atom. The number of nitrogens with one attached hydrogen (secondary N) is 1. The van der Waals surface area contributed by atoms with Crippen molar-refractivity contribution in [1.82, 2.24) is 20.1 Å². The van der Waals surface area contributed by atoms with Gasteiger partial charge < -0.3 is 5.32 Å². The normalized spacial score (nSPS) is 11.4. The number of aryl methyl sites for hydroxylation is 1. The van der Waals surface area contributed by atoms with Crippen LogP contribution in [-0.4, -0.2) is 26.2 Å². The molecule has 19 heavy (non-hydrogen) atoms. The number of amides is 1. The van der Waals surface area contributed by atoms with Crippen LogP contribution in [-0.2, 0) is 0 Å². The average molecular weight is 258 g/mol. The van der Waals surface area contributed by atoms with Crippen LogP contribution in [0.1, 0.15) is 37.0 Å². The van der Waals surface area contributed by atoms with Gasteiger partial charge in [-0.15, -0.1) is 5.10 Å². The predicted octanol–water partition coefficient (Wildman–Crippen LogP) is 2.10. The Kier molecular flexibility index (Phi) is 3.38. The molecular weight excluding hydrogens is 240 g/mol. The molecule has 0 bridgehead atoms. The zero-order valence-corrected chi connectivity index (χ0v) is 11.6. The van der Waals surface area contributed by atoms with Gasteiger partial charge in [0.25, 0.3) is 5.91 Å². The highest BCUT2D eigenvalue weighted by Crippen LogP contribution is 2.11. The number of carbonyl (C=O) groups excluding carboxylic acids is 1. The summed E-state index contributed by atoms with van der Waals surface area (Å²) in [5, 5.41) is 7.06. The maximum Gasteiger partial charge on any atom is 0.291 e. The Balaban J connectivity index is 2.25. The molecule has 0 saturated carbocycles. The summed E-state index contributed by atoms with van der Waals surface area (Å²) in [6, 6.07) is 7.82. The zero-order chi connectivity index (χ0) is 14.0. The highest BCUT2D eigenvalue weighted by Gasteiger charge is 2.18. The van der Waals surface area contributed by atoms with E-state index >= 15 is 0 Å². The molecule has 0 aliphatic carbocycles. The molecule has 0 aliphatic heterocycles. The molecule has 0 aliphatic rings. The van der Waals surface area contributed by atoms with Crippen molar-refractivity contribution >= 4 is 5.91 Å². The fourth-order valence-electron chi connectivity index (χ4n) is 1.70. The maximum absolute atomic E-state index is 11.9. The molecule has 5 nitrogen and oxygen atoms in total. The molecule has 1 N–H and O–H groups in total. The van der Waals surface area contributed by atoms with E-state index in [2.05, 4.69) is 15.4 Å². The van der Waals surface area contributed by atoms with Crippen molar-refractivity contribution in [1.29, 1.82) is 0 Å². The minimum atomic E-state index is -0.300. The van der Waals surface area contributed by atoms with Crippen LogP contribution in [0.2, 0.25) is 0 Å². The van der Waals surface area contributed by atoms with Crippen molar-refractivity contribution in [3.8, 4) is 5.69 Å². The third-order valence-corrected chi connectivity index (χ3v) is 2.55. The van der Waals surface area contributed by atoms with E-state index in [1.54, 1.807) is 11.0 Å². The van der Waals surface area contributed by atoms with Gasteiger partial charge in [-0.2, -0.15) is 0 Å². The number of benzene rings is 1. The zero-order valence-electron chi connectivity index (χ0n) is 11.6. The van der Waals surface area contributed by atoms with E-state index in [1.807, 2.05) is 52.0 Å². The van der Waals surface area contributed by atoms with Gasteiger partial charge in [-0.05, 0) is 39.3 Å². The van der Waals surface area contributed by atoms with Crippen LogP contribution in [0.5, 0.6) is 0 Å². The van der Waals surface area contributed by atoms with E-state index in [1.165, 1.54) is 0 Å². The van der Waals surface area contributed by atoms with Gasteiger partial charge in [-0.25, -0.2) is 9.67 Å². The van der Waals surface area contributed by atoms with E-state index in [0.717, 1.165) is 11.3 Å². The third-order valence-electron chi connectivity index (χ3n) is 2.55. The Bertz CT molecular complexity index is 595. The molecule has 100 valence electrons. The summed E-state index contributed by atoms with van der Waals surface area (Å²) in [6.07, 6.45) is 1.56. The molecule has 0 unspecified atom stereocenters. The summed E-state index contributed by atoms with van der Waals surface area (Å²) in [4.78, 5) is 16.0. The quantitative estimate of drug-likeness (QED) is 0.897. The molecule has 1 aromatic carbocycles. The van der Waals surface area contributed by atoms with Crippen LogP contribution in [0.25, 0.3) is 5.69 Å². The van der Waals surface area contributed by atoms with Crippen molar-refractivity contribution < 1.29 is 4.79 Å². The van der Waals surface area contributed by atoms with Crippen LogP contribution in [0, 0.1) is 6.92 Å². The Morgan fingerprint density at radius 2 is 1.95 bits per heavy atom. The first-order chi connectivity index (χ1) is 8.87. The van der Waals surface area contributed by atoms with E-state index in [4.69, 9.17) is 0 Å². The standard InChI is InChI=1S/C14H18N4O/c1-10-7-5-6-8-11(10)18-9-15-12(17-18)13(19)16-14(2,3)4/h5-9H,1-4H3,(H,16,19). The number of nitrogens with zero attached hydrogens (tertiary/aromatic N) is 3. The lowest BCUT2D eigenvalue weighted by Gasteiger charge is -2.19. The average Bonchev–Trinajstić information content (AvgIpc) is 2.76. The molecule has 1 heterocycles. The summed E-state index contributed by atoms with van der Waals surface area (Å²) < 4.78 is 1.62. The van der Waals surface area contributed by atoms with Gasteiger partial charge in [0, 0.05) is 5.54 Å². The lowest BCUT2D eigenvalue weighted by atomic mass is 10.1. The number of hydrogen-bond donors (Lipinski definition) is 1. The summed E-state index contributed by atoms with van der Waals surface area (Å²) in [5.74, 6) is -0.0852. The predicted molar refractivity (Wildman–Crippen MR) is 73.3 cm³/mol. The molecule has 1 amide bonds. The van der Waals surface area contributed by atoms with Gasteiger partial charge >= 0.3 is 0 Å². The molecule has 0 saturated heterocycles. The first-order valence-corrected chi connectivity index (χ1v) is 6.17. The molecular formula is C14H18N4O. The van der Waals surface area contributed by atoms with Crippen LogP contribution in [0.4, 0.5) is 0 Å². The van der Waals surface area contributed by atoms with Gasteiger partial charge in [0.1, 0.15) is 6.33 Å². The molecule has 5 heteroatoms. The van der Waals surface area contributed by atoms with Crippen LogP contribution >= 0.6 is 0 Å². The first kappa shape index (κ1) is 13.3. The number of aromatic nitrogens is 3. The SMILES string of the molecule is Cc1ccccc1-n1cnc(C(=O)NC(C)(C)C)n1. The van der Waals surface area contributed by atoms with E-state index in [9.17, 15) is 4.79 Å². The van der Waals surface area contributed by atoms with Crippen LogP contribution in [0.15, 0.2) is 30.6 Å². The van der Waals surface area contributed by atoms with Crippen molar-refractivity contribution in [2.24, 2.45) is 0 Å². The Morgan fingerprint density at radius 3 is 2.58 bits per heavy atom. The fraction of sp³-hybridized carbons (Fsp3) is 0.357. The molecule has 0 atom stereocenters. The monoisotopic (exact) mass is 258 g/mol. The molecule has 1 aromatic heterocycles. The van der Waals surface area contributed by atoms with E-state index < -0.39 is 0 Å². The van der Waals surface area contributed by atoms with Crippen LogP contribution in [0.3, 0.4) is 0 Å².